The van der Waals surface area contributed by atoms with Crippen LogP contribution in [0.25, 0.3) is 0 Å². The average molecular weight is 233 g/mol. The number of nitrogens with two attached hydrogens (primary N) is 1. The SMILES string of the molecule is N[C@@H](c1cc(F)c(C(F)F)cc1F)C1CC1. The normalized spacial score (nSPS) is 17.9. The van der Waals surface area contributed by atoms with Crippen LogP contribution in [0.5, 0.6) is 0 Å². The zero-order valence-electron chi connectivity index (χ0n) is 8.39. The zero-order chi connectivity index (χ0) is 11.9. The Bertz CT molecular complexity index is 401. The predicted molar refractivity (Wildman–Crippen MR) is 51.0 cm³/mol. The van der Waals surface area contributed by atoms with Gasteiger partial charge in [-0.1, -0.05) is 0 Å². The molecule has 1 saturated carbocycles. The van der Waals surface area contributed by atoms with Gasteiger partial charge in [-0.25, -0.2) is 17.6 Å². The summed E-state index contributed by atoms with van der Waals surface area (Å²) in [7, 11) is 0. The lowest BCUT2D eigenvalue weighted by atomic mass is 10.0. The maximum absolute atomic E-state index is 13.4. The maximum atomic E-state index is 13.4. The predicted octanol–water partition coefficient (Wildman–Crippen LogP) is 3.31. The molecule has 1 aliphatic rings. The second-order valence-electron chi connectivity index (χ2n) is 4.06. The minimum atomic E-state index is -3.01. The minimum absolute atomic E-state index is 0.00981. The van der Waals surface area contributed by atoms with Crippen LogP contribution in [0.4, 0.5) is 17.6 Å². The van der Waals surface area contributed by atoms with Crippen molar-refractivity contribution in [3.05, 3.63) is 34.9 Å². The fraction of sp³-hybridized carbons (Fsp3) is 0.455. The van der Waals surface area contributed by atoms with Crippen molar-refractivity contribution in [2.24, 2.45) is 11.7 Å². The van der Waals surface area contributed by atoms with Crippen molar-refractivity contribution in [1.29, 1.82) is 0 Å². The van der Waals surface area contributed by atoms with Crippen LogP contribution in [-0.4, -0.2) is 0 Å². The third-order valence-electron chi connectivity index (χ3n) is 2.84. The van der Waals surface area contributed by atoms with E-state index in [1.807, 2.05) is 0 Å². The first-order valence-electron chi connectivity index (χ1n) is 5.03. The summed E-state index contributed by atoms with van der Waals surface area (Å²) in [6, 6.07) is 0.735. The van der Waals surface area contributed by atoms with Crippen LogP contribution in [0.3, 0.4) is 0 Å². The third-order valence-corrected chi connectivity index (χ3v) is 2.84. The standard InChI is InChI=1S/C11H11F4N/c12-8-4-7(11(14)15)9(13)3-6(8)10(16)5-1-2-5/h3-5,10-11H,1-2,16H2/t10-/m1/s1. The van der Waals surface area contributed by atoms with E-state index >= 15 is 0 Å². The molecule has 1 fully saturated rings. The van der Waals surface area contributed by atoms with Gasteiger partial charge in [-0.3, -0.25) is 0 Å². The van der Waals surface area contributed by atoms with Crippen molar-refractivity contribution in [2.45, 2.75) is 25.3 Å². The first kappa shape index (κ1) is 11.4. The molecule has 0 bridgehead atoms. The second-order valence-corrected chi connectivity index (χ2v) is 4.06. The Balaban J connectivity index is 2.36. The van der Waals surface area contributed by atoms with E-state index in [1.54, 1.807) is 0 Å². The van der Waals surface area contributed by atoms with Gasteiger partial charge in [0.25, 0.3) is 6.43 Å². The molecule has 0 aromatic heterocycles. The van der Waals surface area contributed by atoms with Crippen molar-refractivity contribution in [2.75, 3.05) is 0 Å². The van der Waals surface area contributed by atoms with Crippen molar-refractivity contribution >= 4 is 0 Å². The van der Waals surface area contributed by atoms with Gasteiger partial charge in [-0.05, 0) is 30.9 Å². The van der Waals surface area contributed by atoms with Gasteiger partial charge in [0.1, 0.15) is 11.6 Å². The molecule has 0 amide bonds. The lowest BCUT2D eigenvalue weighted by Gasteiger charge is -2.13. The molecule has 1 aliphatic carbocycles. The molecule has 2 N–H and O–H groups in total. The lowest BCUT2D eigenvalue weighted by Crippen LogP contribution is -2.15. The highest BCUT2D eigenvalue weighted by atomic mass is 19.3. The van der Waals surface area contributed by atoms with Gasteiger partial charge >= 0.3 is 0 Å². The van der Waals surface area contributed by atoms with Gasteiger partial charge in [-0.15, -0.1) is 0 Å². The van der Waals surface area contributed by atoms with Crippen LogP contribution >= 0.6 is 0 Å². The largest absolute Gasteiger partial charge is 0.324 e. The lowest BCUT2D eigenvalue weighted by molar-refractivity contribution is 0.145. The second kappa shape index (κ2) is 4.05. The highest BCUT2D eigenvalue weighted by Gasteiger charge is 2.32. The summed E-state index contributed by atoms with van der Waals surface area (Å²) in [5.74, 6) is -1.80. The molecule has 0 aliphatic heterocycles. The van der Waals surface area contributed by atoms with E-state index < -0.39 is 29.7 Å². The molecule has 0 radical (unpaired) electrons. The molecule has 1 atom stereocenters. The Hall–Kier alpha value is -1.10. The molecule has 1 aromatic rings. The van der Waals surface area contributed by atoms with E-state index in [4.69, 9.17) is 5.73 Å². The summed E-state index contributed by atoms with van der Waals surface area (Å²) in [4.78, 5) is 0. The van der Waals surface area contributed by atoms with Crippen molar-refractivity contribution < 1.29 is 17.6 Å². The van der Waals surface area contributed by atoms with Gasteiger partial charge < -0.3 is 5.73 Å². The molecule has 0 spiro atoms. The highest BCUT2D eigenvalue weighted by molar-refractivity contribution is 5.30. The number of hydrogen-bond acceptors (Lipinski definition) is 1. The van der Waals surface area contributed by atoms with Crippen molar-refractivity contribution in [3.63, 3.8) is 0 Å². The first-order chi connectivity index (χ1) is 7.50. The van der Waals surface area contributed by atoms with Gasteiger partial charge in [0.15, 0.2) is 0 Å². The van der Waals surface area contributed by atoms with E-state index in [9.17, 15) is 17.6 Å². The van der Waals surface area contributed by atoms with Gasteiger partial charge in [-0.2, -0.15) is 0 Å². The molecule has 2 rings (SSSR count). The Kier molecular flexibility index (Phi) is 2.88. The molecule has 16 heavy (non-hydrogen) atoms. The summed E-state index contributed by atoms with van der Waals surface area (Å²) in [5, 5.41) is 0. The fourth-order valence-electron chi connectivity index (χ4n) is 1.71. The van der Waals surface area contributed by atoms with Crippen LogP contribution in [0.1, 0.15) is 36.4 Å². The van der Waals surface area contributed by atoms with Crippen molar-refractivity contribution in [3.8, 4) is 0 Å². The molecule has 0 saturated heterocycles. The Morgan fingerprint density at radius 3 is 2.06 bits per heavy atom. The van der Waals surface area contributed by atoms with Crippen LogP contribution < -0.4 is 5.73 Å². The molecular weight excluding hydrogens is 222 g/mol. The topological polar surface area (TPSA) is 26.0 Å². The molecular formula is C11H11F4N. The van der Waals surface area contributed by atoms with Crippen LogP contribution in [0.2, 0.25) is 0 Å². The van der Waals surface area contributed by atoms with E-state index in [2.05, 4.69) is 0 Å². The first-order valence-corrected chi connectivity index (χ1v) is 5.03. The molecule has 0 heterocycles. The highest BCUT2D eigenvalue weighted by Crippen LogP contribution is 2.40. The average Bonchev–Trinajstić information content (AvgIpc) is 3.03. The number of hydrogen-bond donors (Lipinski definition) is 1. The number of halogens is 4. The fourth-order valence-corrected chi connectivity index (χ4v) is 1.71. The zero-order valence-corrected chi connectivity index (χ0v) is 8.39. The molecule has 5 heteroatoms. The van der Waals surface area contributed by atoms with Crippen LogP contribution in [0.15, 0.2) is 12.1 Å². The maximum Gasteiger partial charge on any atom is 0.266 e. The van der Waals surface area contributed by atoms with E-state index in [-0.39, 0.29) is 11.5 Å². The summed E-state index contributed by atoms with van der Waals surface area (Å²) in [5.41, 5.74) is 4.78. The van der Waals surface area contributed by atoms with E-state index in [1.165, 1.54) is 0 Å². The third kappa shape index (κ3) is 2.04. The molecule has 1 aromatic carbocycles. The Morgan fingerprint density at radius 1 is 1.06 bits per heavy atom. The summed E-state index contributed by atoms with van der Waals surface area (Å²) >= 11 is 0. The summed E-state index contributed by atoms with van der Waals surface area (Å²) < 4.78 is 51.2. The monoisotopic (exact) mass is 233 g/mol. The number of benzene rings is 1. The summed E-state index contributed by atoms with van der Waals surface area (Å²) in [6.07, 6.45) is -1.27. The quantitative estimate of drug-likeness (QED) is 0.796. The number of rotatable bonds is 3. The smallest absolute Gasteiger partial charge is 0.266 e. The molecule has 0 unspecified atom stereocenters. The van der Waals surface area contributed by atoms with Crippen LogP contribution in [-0.2, 0) is 0 Å². The minimum Gasteiger partial charge on any atom is -0.324 e. The number of alkyl halides is 2. The Morgan fingerprint density at radius 2 is 1.56 bits per heavy atom. The molecule has 88 valence electrons. The summed E-state index contributed by atoms with van der Waals surface area (Å²) in [6.45, 7) is 0. The van der Waals surface area contributed by atoms with Gasteiger partial charge in [0.05, 0.1) is 5.56 Å². The van der Waals surface area contributed by atoms with E-state index in [0.29, 0.717) is 6.07 Å². The molecule has 1 nitrogen and oxygen atoms in total. The van der Waals surface area contributed by atoms with Gasteiger partial charge in [0.2, 0.25) is 0 Å². The van der Waals surface area contributed by atoms with Crippen molar-refractivity contribution in [1.82, 2.24) is 0 Å². The Labute approximate surface area is 90.3 Å². The van der Waals surface area contributed by atoms with Gasteiger partial charge in [0, 0.05) is 11.6 Å². The van der Waals surface area contributed by atoms with E-state index in [0.717, 1.165) is 18.9 Å². The van der Waals surface area contributed by atoms with Crippen LogP contribution in [0, 0.1) is 17.6 Å².